The molecule has 4 fully saturated rings. The van der Waals surface area contributed by atoms with E-state index in [4.69, 9.17) is 14.2 Å². The fourth-order valence-electron chi connectivity index (χ4n) is 5.34. The minimum absolute atomic E-state index is 0.248. The number of hydrogen-bond acceptors (Lipinski definition) is 3. The second-order valence-corrected chi connectivity index (χ2v) is 9.88. The molecule has 3 nitrogen and oxygen atoms in total. The predicted molar refractivity (Wildman–Crippen MR) is 88.9 cm³/mol. The van der Waals surface area contributed by atoms with Gasteiger partial charge in [-0.05, 0) is 0 Å². The van der Waals surface area contributed by atoms with Crippen LogP contribution in [0.25, 0.3) is 0 Å². The van der Waals surface area contributed by atoms with E-state index >= 15 is 0 Å². The Balaban J connectivity index is 1.24. The Bertz CT molecular complexity index is 571. The van der Waals surface area contributed by atoms with E-state index < -0.39 is 0 Å². The zero-order chi connectivity index (χ0) is 15.3. The molecular weight excluding hydrogens is 355 g/mol. The van der Waals surface area contributed by atoms with Crippen LogP contribution in [0.2, 0.25) is 5.32 Å². The average molecular weight is 379 g/mol. The number of rotatable bonds is 3. The molecule has 1 unspecified atom stereocenters. The normalized spacial score (nSPS) is 40.6. The summed E-state index contributed by atoms with van der Waals surface area (Å²) in [5, 5.41) is 1.22. The maximum absolute atomic E-state index is 6.52. The molecule has 0 radical (unpaired) electrons. The molecule has 2 saturated carbocycles. The number of benzene rings is 1. The Morgan fingerprint density at radius 3 is 2.70 bits per heavy atom. The zero-order valence-corrected chi connectivity index (χ0v) is 15.1. The summed E-state index contributed by atoms with van der Waals surface area (Å²) >= 11 is 0.536. The molecule has 4 aliphatic rings. The van der Waals surface area contributed by atoms with Gasteiger partial charge in [0.05, 0.1) is 0 Å². The summed E-state index contributed by atoms with van der Waals surface area (Å²) in [6, 6.07) is 10.9. The molecule has 0 aromatic heterocycles. The topological polar surface area (TPSA) is 27.7 Å². The van der Waals surface area contributed by atoms with Crippen molar-refractivity contribution in [3.8, 4) is 0 Å². The quantitative estimate of drug-likeness (QED) is 0.756. The van der Waals surface area contributed by atoms with Gasteiger partial charge in [-0.25, -0.2) is 0 Å². The van der Waals surface area contributed by atoms with E-state index in [2.05, 4.69) is 30.3 Å². The first-order chi connectivity index (χ1) is 11.3. The van der Waals surface area contributed by atoms with Gasteiger partial charge >= 0.3 is 144 Å². The molecule has 0 N–H and O–H groups in total. The molecule has 2 heterocycles. The molecule has 2 spiro atoms. The number of hydrogen-bond donors (Lipinski definition) is 0. The van der Waals surface area contributed by atoms with Crippen LogP contribution in [0.3, 0.4) is 0 Å². The van der Waals surface area contributed by atoms with Crippen molar-refractivity contribution in [1.29, 1.82) is 0 Å². The summed E-state index contributed by atoms with van der Waals surface area (Å²) in [6.45, 7) is 1.55. The van der Waals surface area contributed by atoms with Gasteiger partial charge in [-0.2, -0.15) is 0 Å². The first-order valence-electron chi connectivity index (χ1n) is 8.89. The van der Waals surface area contributed by atoms with Gasteiger partial charge in [-0.3, -0.25) is 0 Å². The molecule has 1 aromatic carbocycles. The van der Waals surface area contributed by atoms with Crippen molar-refractivity contribution in [2.75, 3.05) is 13.2 Å². The van der Waals surface area contributed by atoms with Crippen LogP contribution in [0.1, 0.15) is 32.1 Å². The van der Waals surface area contributed by atoms with Crippen molar-refractivity contribution in [2.24, 2.45) is 11.3 Å². The molecule has 2 aliphatic heterocycles. The van der Waals surface area contributed by atoms with Crippen LogP contribution in [0.5, 0.6) is 0 Å². The Labute approximate surface area is 144 Å². The van der Waals surface area contributed by atoms with E-state index in [0.29, 0.717) is 38.5 Å². The van der Waals surface area contributed by atoms with Gasteiger partial charge in [-0.15, -0.1) is 0 Å². The van der Waals surface area contributed by atoms with Gasteiger partial charge in [-0.1, -0.05) is 0 Å². The van der Waals surface area contributed by atoms with Gasteiger partial charge in [0.25, 0.3) is 0 Å². The van der Waals surface area contributed by atoms with Crippen LogP contribution in [-0.4, -0.2) is 46.2 Å². The summed E-state index contributed by atoms with van der Waals surface area (Å²) in [4.78, 5) is 0. The van der Waals surface area contributed by atoms with E-state index in [1.807, 2.05) is 0 Å². The Morgan fingerprint density at radius 1 is 1.04 bits per heavy atom. The molecule has 1 aromatic rings. The van der Waals surface area contributed by atoms with Crippen LogP contribution in [-0.2, 0) is 14.2 Å². The van der Waals surface area contributed by atoms with Crippen molar-refractivity contribution >= 4 is 19.4 Å². The Kier molecular flexibility index (Phi) is 3.61. The van der Waals surface area contributed by atoms with Gasteiger partial charge < -0.3 is 0 Å². The molecule has 4 heteroatoms. The van der Waals surface area contributed by atoms with Crippen molar-refractivity contribution in [3.63, 3.8) is 0 Å². The zero-order valence-electron chi connectivity index (χ0n) is 13.4. The summed E-state index contributed by atoms with van der Waals surface area (Å²) in [5.41, 5.74) is 0.433. The van der Waals surface area contributed by atoms with Gasteiger partial charge in [0.1, 0.15) is 0 Å². The van der Waals surface area contributed by atoms with E-state index in [-0.39, 0.29) is 5.79 Å². The standard InChI is InChI=1S/C19H24O3Se/c1-2-4-16(5-3-1)23-13-15-12-18-6-7-19(20-8-9-21-19)14(11-18)10-17(18)22-15/h1-5,14-15,17H,6-13H2/t14-,15?,17-,18-/m0/s1. The van der Waals surface area contributed by atoms with E-state index in [9.17, 15) is 0 Å². The fraction of sp³-hybridized carbons (Fsp3) is 0.684. The van der Waals surface area contributed by atoms with Crippen LogP contribution >= 0.6 is 0 Å². The average Bonchev–Trinajstić information content (AvgIpc) is 3.22. The third kappa shape index (κ3) is 2.42. The number of fused-ring (bicyclic) bond motifs is 2. The second-order valence-electron chi connectivity index (χ2n) is 7.58. The summed E-state index contributed by atoms with van der Waals surface area (Å²) in [5.74, 6) is 0.312. The van der Waals surface area contributed by atoms with E-state index in [1.165, 1.54) is 29.0 Å². The van der Waals surface area contributed by atoms with Crippen molar-refractivity contribution in [3.05, 3.63) is 30.3 Å². The monoisotopic (exact) mass is 380 g/mol. The van der Waals surface area contributed by atoms with Crippen LogP contribution in [0.4, 0.5) is 0 Å². The minimum atomic E-state index is -0.248. The van der Waals surface area contributed by atoms with Gasteiger partial charge in [0.15, 0.2) is 0 Å². The van der Waals surface area contributed by atoms with Crippen molar-refractivity contribution < 1.29 is 14.2 Å². The van der Waals surface area contributed by atoms with Crippen molar-refractivity contribution in [2.45, 2.75) is 55.4 Å². The summed E-state index contributed by atoms with van der Waals surface area (Å²) < 4.78 is 20.1. The van der Waals surface area contributed by atoms with E-state index in [0.717, 1.165) is 26.1 Å². The van der Waals surface area contributed by atoms with Gasteiger partial charge in [0, 0.05) is 0 Å². The summed E-state index contributed by atoms with van der Waals surface area (Å²) in [7, 11) is 0. The Hall–Kier alpha value is -0.381. The maximum atomic E-state index is 6.52. The van der Waals surface area contributed by atoms with Crippen LogP contribution in [0.15, 0.2) is 30.3 Å². The number of ether oxygens (including phenoxy) is 3. The molecule has 2 saturated heterocycles. The first-order valence-corrected chi connectivity index (χ1v) is 11.0. The molecule has 4 atom stereocenters. The SMILES string of the molecule is c1ccc([Se]CC2C[C@@]34CCC5(OCCO5)[C@@H](C[C@@H]3O2)C4)cc1. The third-order valence-corrected chi connectivity index (χ3v) is 8.77. The molecule has 23 heavy (non-hydrogen) atoms. The third-order valence-electron chi connectivity index (χ3n) is 6.37. The molecule has 124 valence electrons. The Morgan fingerprint density at radius 2 is 1.87 bits per heavy atom. The summed E-state index contributed by atoms with van der Waals surface area (Å²) in [6.07, 6.45) is 6.90. The molecule has 5 rings (SSSR count). The van der Waals surface area contributed by atoms with Crippen LogP contribution < -0.4 is 4.46 Å². The predicted octanol–water partition coefficient (Wildman–Crippen LogP) is 2.53. The molecule has 2 bridgehead atoms. The van der Waals surface area contributed by atoms with Gasteiger partial charge in [0.2, 0.25) is 0 Å². The van der Waals surface area contributed by atoms with Crippen molar-refractivity contribution in [1.82, 2.24) is 0 Å². The first kappa shape index (κ1) is 14.9. The van der Waals surface area contributed by atoms with E-state index in [1.54, 1.807) is 0 Å². The second kappa shape index (κ2) is 5.57. The molecular formula is C19H24O3Se. The molecule has 2 aliphatic carbocycles. The van der Waals surface area contributed by atoms with Crippen LogP contribution in [0, 0.1) is 11.3 Å². The fourth-order valence-corrected chi connectivity index (χ4v) is 7.28. The molecule has 0 amide bonds.